The summed E-state index contributed by atoms with van der Waals surface area (Å²) < 4.78 is 10.6. The van der Waals surface area contributed by atoms with Gasteiger partial charge in [-0.25, -0.2) is 5.06 Å². The SMILES string of the molecule is COc1ccc(-c2cc(CCCC(=O)N(C)O)sc2-c2ccc(OC)cc2)cc1. The van der Waals surface area contributed by atoms with E-state index in [0.29, 0.717) is 17.9 Å². The van der Waals surface area contributed by atoms with Gasteiger partial charge in [0, 0.05) is 28.8 Å². The van der Waals surface area contributed by atoms with E-state index < -0.39 is 0 Å². The molecule has 0 saturated heterocycles. The number of methoxy groups -OCH3 is 2. The molecule has 6 heteroatoms. The third-order valence-electron chi connectivity index (χ3n) is 4.71. The van der Waals surface area contributed by atoms with Gasteiger partial charge in [-0.2, -0.15) is 0 Å². The van der Waals surface area contributed by atoms with E-state index in [1.165, 1.54) is 16.8 Å². The molecular formula is C23H25NO4S. The van der Waals surface area contributed by atoms with Gasteiger partial charge in [0.25, 0.3) is 0 Å². The quantitative estimate of drug-likeness (QED) is 0.405. The molecule has 1 aromatic heterocycles. The second-order valence-electron chi connectivity index (χ2n) is 6.68. The summed E-state index contributed by atoms with van der Waals surface area (Å²) in [5.74, 6) is 1.37. The molecule has 29 heavy (non-hydrogen) atoms. The number of amides is 1. The summed E-state index contributed by atoms with van der Waals surface area (Å²) in [7, 11) is 4.68. The summed E-state index contributed by atoms with van der Waals surface area (Å²) in [6.45, 7) is 0. The predicted octanol–water partition coefficient (Wildman–Crippen LogP) is 5.27. The highest BCUT2D eigenvalue weighted by Crippen LogP contribution is 2.40. The summed E-state index contributed by atoms with van der Waals surface area (Å²) in [6, 6.07) is 18.3. The first-order valence-electron chi connectivity index (χ1n) is 9.39. The van der Waals surface area contributed by atoms with E-state index in [4.69, 9.17) is 9.47 Å². The van der Waals surface area contributed by atoms with Crippen LogP contribution in [0, 0.1) is 0 Å². The topological polar surface area (TPSA) is 59.0 Å². The minimum Gasteiger partial charge on any atom is -0.497 e. The number of rotatable bonds is 8. The molecule has 0 atom stereocenters. The van der Waals surface area contributed by atoms with Crippen molar-refractivity contribution in [3.05, 3.63) is 59.5 Å². The van der Waals surface area contributed by atoms with Crippen molar-refractivity contribution in [2.24, 2.45) is 0 Å². The van der Waals surface area contributed by atoms with Crippen molar-refractivity contribution in [2.45, 2.75) is 19.3 Å². The zero-order valence-corrected chi connectivity index (χ0v) is 17.7. The molecule has 1 N–H and O–H groups in total. The van der Waals surface area contributed by atoms with Gasteiger partial charge in [-0.3, -0.25) is 10.0 Å². The zero-order valence-electron chi connectivity index (χ0n) is 16.8. The maximum atomic E-state index is 11.6. The number of hydroxylamine groups is 2. The van der Waals surface area contributed by atoms with Crippen LogP contribution in [-0.2, 0) is 11.2 Å². The van der Waals surface area contributed by atoms with Crippen LogP contribution in [0.25, 0.3) is 21.6 Å². The standard InChI is InChI=1S/C23H25NO4S/c1-24(26)22(25)6-4-5-20-15-21(16-7-11-18(27-2)12-8-16)23(29-20)17-9-13-19(28-3)14-10-17/h7-15,26H,4-6H2,1-3H3. The largest absolute Gasteiger partial charge is 0.497 e. The monoisotopic (exact) mass is 411 g/mol. The molecule has 152 valence electrons. The highest BCUT2D eigenvalue weighted by molar-refractivity contribution is 7.16. The van der Waals surface area contributed by atoms with E-state index in [9.17, 15) is 10.0 Å². The molecule has 3 rings (SSSR count). The van der Waals surface area contributed by atoms with Crippen LogP contribution in [0.5, 0.6) is 11.5 Å². The van der Waals surface area contributed by atoms with E-state index >= 15 is 0 Å². The molecule has 0 bridgehead atoms. The molecule has 5 nitrogen and oxygen atoms in total. The predicted molar refractivity (Wildman–Crippen MR) is 116 cm³/mol. The van der Waals surface area contributed by atoms with E-state index in [1.54, 1.807) is 25.6 Å². The molecule has 0 aliphatic heterocycles. The van der Waals surface area contributed by atoms with Crippen molar-refractivity contribution in [1.82, 2.24) is 5.06 Å². The first-order chi connectivity index (χ1) is 14.0. The van der Waals surface area contributed by atoms with E-state index in [-0.39, 0.29) is 5.91 Å². The minimum absolute atomic E-state index is 0.271. The summed E-state index contributed by atoms with van der Waals surface area (Å²) >= 11 is 1.73. The fraction of sp³-hybridized carbons (Fsp3) is 0.261. The van der Waals surface area contributed by atoms with Gasteiger partial charge in [-0.05, 0) is 66.4 Å². The Morgan fingerprint density at radius 1 is 0.966 bits per heavy atom. The molecule has 3 aromatic rings. The second kappa shape index (κ2) is 9.58. The summed E-state index contributed by atoms with van der Waals surface area (Å²) in [4.78, 5) is 14.0. The Morgan fingerprint density at radius 2 is 1.52 bits per heavy atom. The molecule has 1 amide bonds. The summed E-state index contributed by atoms with van der Waals surface area (Å²) in [6.07, 6.45) is 1.79. The summed E-state index contributed by atoms with van der Waals surface area (Å²) in [5.41, 5.74) is 3.40. The number of carbonyl (C=O) groups is 1. The Morgan fingerprint density at radius 3 is 2.03 bits per heavy atom. The van der Waals surface area contributed by atoms with Crippen LogP contribution < -0.4 is 9.47 Å². The highest BCUT2D eigenvalue weighted by Gasteiger charge is 2.14. The zero-order chi connectivity index (χ0) is 20.8. The molecule has 1 heterocycles. The molecular weight excluding hydrogens is 386 g/mol. The Bertz CT molecular complexity index is 881. The Hall–Kier alpha value is -2.83. The fourth-order valence-electron chi connectivity index (χ4n) is 3.08. The van der Waals surface area contributed by atoms with E-state index in [0.717, 1.165) is 34.6 Å². The van der Waals surface area contributed by atoms with Crippen molar-refractivity contribution >= 4 is 17.2 Å². The maximum absolute atomic E-state index is 11.6. The van der Waals surface area contributed by atoms with Crippen molar-refractivity contribution in [3.8, 4) is 33.1 Å². The van der Waals surface area contributed by atoms with Gasteiger partial charge in [-0.1, -0.05) is 12.1 Å². The number of benzene rings is 2. The van der Waals surface area contributed by atoms with Gasteiger partial charge in [0.15, 0.2) is 0 Å². The smallest absolute Gasteiger partial charge is 0.245 e. The van der Waals surface area contributed by atoms with Gasteiger partial charge in [0.05, 0.1) is 14.2 Å². The molecule has 0 aliphatic rings. The molecule has 0 saturated carbocycles. The van der Waals surface area contributed by atoms with Gasteiger partial charge >= 0.3 is 0 Å². The van der Waals surface area contributed by atoms with Gasteiger partial charge in [0.2, 0.25) is 5.91 Å². The first kappa shape index (κ1) is 20.9. The summed E-state index contributed by atoms with van der Waals surface area (Å²) in [5, 5.41) is 9.87. The molecule has 0 fully saturated rings. The van der Waals surface area contributed by atoms with Crippen LogP contribution in [-0.4, -0.2) is 37.4 Å². The Labute approximate surface area is 175 Å². The molecule has 0 radical (unpaired) electrons. The van der Waals surface area contributed by atoms with Crippen LogP contribution in [0.2, 0.25) is 0 Å². The number of thiophene rings is 1. The third-order valence-corrected chi connectivity index (χ3v) is 5.95. The van der Waals surface area contributed by atoms with Gasteiger partial charge < -0.3 is 9.47 Å². The van der Waals surface area contributed by atoms with Crippen LogP contribution >= 0.6 is 11.3 Å². The number of carbonyl (C=O) groups excluding carboxylic acids is 1. The van der Waals surface area contributed by atoms with Gasteiger partial charge in [-0.15, -0.1) is 11.3 Å². The Balaban J connectivity index is 1.90. The minimum atomic E-state index is -0.271. The number of aryl methyl sites for hydroxylation is 1. The molecule has 0 unspecified atom stereocenters. The molecule has 0 spiro atoms. The van der Waals surface area contributed by atoms with Crippen molar-refractivity contribution in [3.63, 3.8) is 0 Å². The molecule has 2 aromatic carbocycles. The normalized spacial score (nSPS) is 10.6. The van der Waals surface area contributed by atoms with Crippen molar-refractivity contribution in [2.75, 3.05) is 21.3 Å². The first-order valence-corrected chi connectivity index (χ1v) is 10.2. The van der Waals surface area contributed by atoms with Crippen LogP contribution in [0.1, 0.15) is 17.7 Å². The fourth-order valence-corrected chi connectivity index (χ4v) is 4.31. The lowest BCUT2D eigenvalue weighted by atomic mass is 10.0. The van der Waals surface area contributed by atoms with Crippen molar-refractivity contribution in [1.29, 1.82) is 0 Å². The van der Waals surface area contributed by atoms with Crippen LogP contribution in [0.15, 0.2) is 54.6 Å². The van der Waals surface area contributed by atoms with Crippen LogP contribution in [0.4, 0.5) is 0 Å². The maximum Gasteiger partial charge on any atom is 0.245 e. The number of ether oxygens (including phenoxy) is 2. The highest BCUT2D eigenvalue weighted by atomic mass is 32.1. The lowest BCUT2D eigenvalue weighted by Gasteiger charge is -2.07. The average molecular weight is 412 g/mol. The lowest BCUT2D eigenvalue weighted by Crippen LogP contribution is -2.21. The van der Waals surface area contributed by atoms with Crippen LogP contribution in [0.3, 0.4) is 0 Å². The van der Waals surface area contributed by atoms with Gasteiger partial charge in [0.1, 0.15) is 11.5 Å². The van der Waals surface area contributed by atoms with Crippen molar-refractivity contribution < 1.29 is 19.5 Å². The lowest BCUT2D eigenvalue weighted by molar-refractivity contribution is -0.159. The van der Waals surface area contributed by atoms with E-state index in [2.05, 4.69) is 30.3 Å². The van der Waals surface area contributed by atoms with E-state index in [1.807, 2.05) is 24.3 Å². The number of nitrogens with zero attached hydrogens (tertiary/aromatic N) is 1. The second-order valence-corrected chi connectivity index (χ2v) is 7.82. The number of hydrogen-bond acceptors (Lipinski definition) is 5. The Kier molecular flexibility index (Phi) is 6.90. The third kappa shape index (κ3) is 5.16. The number of hydrogen-bond donors (Lipinski definition) is 1. The average Bonchev–Trinajstić information content (AvgIpc) is 3.17. The molecule has 0 aliphatic carbocycles.